The third kappa shape index (κ3) is 4.05. The summed E-state index contributed by atoms with van der Waals surface area (Å²) in [6.07, 6.45) is 0. The Morgan fingerprint density at radius 2 is 1.30 bits per heavy atom. The highest BCUT2D eigenvalue weighted by molar-refractivity contribution is 8.01. The number of rotatable bonds is 6. The normalized spacial score (nSPS) is 10.7. The number of hydrogen-bond acceptors (Lipinski definition) is 3. The zero-order valence-electron chi connectivity index (χ0n) is 14.7. The van der Waals surface area contributed by atoms with Crippen LogP contribution in [0.25, 0.3) is 22.3 Å². The second-order valence-electron chi connectivity index (χ2n) is 6.12. The quantitative estimate of drug-likeness (QED) is 0.261. The SMILES string of the molecule is O=C(CSc1scc(-c2ccccc2)c1-c1ccccc1)c1ccccc1. The van der Waals surface area contributed by atoms with Gasteiger partial charge in [-0.1, -0.05) is 91.0 Å². The first kappa shape index (κ1) is 17.8. The number of thioether (sulfide) groups is 1. The van der Waals surface area contributed by atoms with Crippen molar-refractivity contribution in [1.82, 2.24) is 0 Å². The van der Waals surface area contributed by atoms with Crippen LogP contribution in [0.5, 0.6) is 0 Å². The third-order valence-corrected chi connectivity index (χ3v) is 6.62. The lowest BCUT2D eigenvalue weighted by Gasteiger charge is -2.08. The van der Waals surface area contributed by atoms with E-state index in [1.54, 1.807) is 23.1 Å². The molecule has 1 heterocycles. The zero-order chi connectivity index (χ0) is 18.5. The van der Waals surface area contributed by atoms with E-state index in [-0.39, 0.29) is 5.78 Å². The highest BCUT2D eigenvalue weighted by atomic mass is 32.2. The van der Waals surface area contributed by atoms with Gasteiger partial charge in [-0.3, -0.25) is 4.79 Å². The Bertz CT molecular complexity index is 1020. The molecule has 0 atom stereocenters. The van der Waals surface area contributed by atoms with Crippen LogP contribution in [0.2, 0.25) is 0 Å². The topological polar surface area (TPSA) is 17.1 Å². The van der Waals surface area contributed by atoms with Crippen molar-refractivity contribution in [3.05, 3.63) is 102 Å². The molecule has 132 valence electrons. The van der Waals surface area contributed by atoms with Crippen molar-refractivity contribution in [2.24, 2.45) is 0 Å². The lowest BCUT2D eigenvalue weighted by Crippen LogP contribution is -2.01. The molecular weight excluding hydrogens is 368 g/mol. The van der Waals surface area contributed by atoms with Crippen LogP contribution in [0.4, 0.5) is 0 Å². The fourth-order valence-corrected chi connectivity index (χ4v) is 5.21. The van der Waals surface area contributed by atoms with Gasteiger partial charge in [0.2, 0.25) is 0 Å². The molecule has 0 saturated carbocycles. The third-order valence-electron chi connectivity index (χ3n) is 4.33. The molecule has 3 heteroatoms. The van der Waals surface area contributed by atoms with Gasteiger partial charge >= 0.3 is 0 Å². The van der Waals surface area contributed by atoms with E-state index in [2.05, 4.69) is 53.9 Å². The number of ketones is 1. The Balaban J connectivity index is 1.67. The Kier molecular flexibility index (Phi) is 5.52. The largest absolute Gasteiger partial charge is 0.293 e. The molecule has 0 N–H and O–H groups in total. The van der Waals surface area contributed by atoms with Crippen LogP contribution in [0.3, 0.4) is 0 Å². The number of hydrogen-bond donors (Lipinski definition) is 0. The van der Waals surface area contributed by atoms with Gasteiger partial charge in [0.1, 0.15) is 0 Å². The Hall–Kier alpha value is -2.62. The molecule has 1 aromatic heterocycles. The standard InChI is InChI=1S/C24H18OS2/c25-22(19-12-6-2-7-13-19)17-27-24-23(20-14-8-3-9-15-20)21(16-26-24)18-10-4-1-5-11-18/h1-16H,17H2. The van der Waals surface area contributed by atoms with Crippen LogP contribution in [0, 0.1) is 0 Å². The molecule has 0 unspecified atom stereocenters. The molecule has 3 aromatic carbocycles. The molecular formula is C24H18OS2. The number of thiophene rings is 1. The lowest BCUT2D eigenvalue weighted by atomic mass is 9.99. The van der Waals surface area contributed by atoms with E-state index in [0.717, 1.165) is 5.56 Å². The van der Waals surface area contributed by atoms with E-state index in [4.69, 9.17) is 0 Å². The summed E-state index contributed by atoms with van der Waals surface area (Å²) >= 11 is 3.34. The molecule has 0 amide bonds. The molecule has 0 fully saturated rings. The fraction of sp³-hybridized carbons (Fsp3) is 0.0417. The van der Waals surface area contributed by atoms with Gasteiger partial charge in [0, 0.05) is 22.1 Å². The number of benzene rings is 3. The monoisotopic (exact) mass is 386 g/mol. The van der Waals surface area contributed by atoms with Gasteiger partial charge in [-0.2, -0.15) is 0 Å². The summed E-state index contributed by atoms with van der Waals surface area (Å²) in [5, 5.41) is 2.20. The highest BCUT2D eigenvalue weighted by Gasteiger charge is 2.17. The van der Waals surface area contributed by atoms with E-state index in [1.165, 1.54) is 26.5 Å². The van der Waals surface area contributed by atoms with Crippen molar-refractivity contribution in [1.29, 1.82) is 0 Å². The molecule has 4 aromatic rings. The molecule has 0 radical (unpaired) electrons. The molecule has 4 rings (SSSR count). The van der Waals surface area contributed by atoms with E-state index in [9.17, 15) is 4.79 Å². The van der Waals surface area contributed by atoms with Crippen LogP contribution in [-0.2, 0) is 0 Å². The van der Waals surface area contributed by atoms with Gasteiger partial charge in [-0.25, -0.2) is 0 Å². The van der Waals surface area contributed by atoms with Crippen LogP contribution in [0.15, 0.2) is 101 Å². The van der Waals surface area contributed by atoms with Crippen molar-refractivity contribution < 1.29 is 4.79 Å². The number of carbonyl (C=O) groups excluding carboxylic acids is 1. The number of carbonyl (C=O) groups is 1. The molecule has 0 aliphatic heterocycles. The summed E-state index contributed by atoms with van der Waals surface area (Å²) in [7, 11) is 0. The molecule has 27 heavy (non-hydrogen) atoms. The molecule has 0 bridgehead atoms. The summed E-state index contributed by atoms with van der Waals surface area (Å²) in [5.41, 5.74) is 5.60. The van der Waals surface area contributed by atoms with Gasteiger partial charge < -0.3 is 0 Å². The summed E-state index contributed by atoms with van der Waals surface area (Å²) in [6.45, 7) is 0. The van der Waals surface area contributed by atoms with Crippen molar-refractivity contribution >= 4 is 28.9 Å². The van der Waals surface area contributed by atoms with Crippen LogP contribution in [0.1, 0.15) is 10.4 Å². The first-order valence-electron chi connectivity index (χ1n) is 8.76. The average molecular weight is 387 g/mol. The molecule has 0 aliphatic rings. The predicted molar refractivity (Wildman–Crippen MR) is 117 cm³/mol. The Morgan fingerprint density at radius 3 is 1.93 bits per heavy atom. The van der Waals surface area contributed by atoms with Gasteiger partial charge in [0.15, 0.2) is 5.78 Å². The fourth-order valence-electron chi connectivity index (χ4n) is 2.99. The summed E-state index contributed by atoms with van der Waals surface area (Å²) in [6, 6.07) is 30.4. The molecule has 0 spiro atoms. The van der Waals surface area contributed by atoms with Gasteiger partial charge in [0.25, 0.3) is 0 Å². The molecule has 1 nitrogen and oxygen atoms in total. The van der Waals surface area contributed by atoms with Crippen molar-refractivity contribution in [3.63, 3.8) is 0 Å². The van der Waals surface area contributed by atoms with Crippen molar-refractivity contribution in [2.45, 2.75) is 4.21 Å². The highest BCUT2D eigenvalue weighted by Crippen LogP contribution is 2.44. The Morgan fingerprint density at radius 1 is 0.741 bits per heavy atom. The maximum atomic E-state index is 12.5. The molecule has 0 aliphatic carbocycles. The second-order valence-corrected chi connectivity index (χ2v) is 8.25. The van der Waals surface area contributed by atoms with Crippen LogP contribution >= 0.6 is 23.1 Å². The smallest absolute Gasteiger partial charge is 0.173 e. The maximum Gasteiger partial charge on any atom is 0.173 e. The second kappa shape index (κ2) is 8.38. The predicted octanol–water partition coefficient (Wildman–Crippen LogP) is 7.06. The van der Waals surface area contributed by atoms with Gasteiger partial charge in [0.05, 0.1) is 9.96 Å². The molecule has 0 saturated heterocycles. The van der Waals surface area contributed by atoms with Crippen molar-refractivity contribution in [2.75, 3.05) is 5.75 Å². The Labute approximate surface area is 167 Å². The van der Waals surface area contributed by atoms with E-state index in [0.29, 0.717) is 5.75 Å². The first-order chi connectivity index (χ1) is 13.3. The number of Topliss-reactive ketones (excluding diaryl/α,β-unsaturated/α-hetero) is 1. The summed E-state index contributed by atoms with van der Waals surface area (Å²) in [4.78, 5) is 12.5. The summed E-state index contributed by atoms with van der Waals surface area (Å²) < 4.78 is 1.18. The van der Waals surface area contributed by atoms with Gasteiger partial charge in [-0.15, -0.1) is 23.1 Å². The van der Waals surface area contributed by atoms with Gasteiger partial charge in [-0.05, 0) is 11.1 Å². The minimum atomic E-state index is 0.161. The van der Waals surface area contributed by atoms with Crippen molar-refractivity contribution in [3.8, 4) is 22.3 Å². The zero-order valence-corrected chi connectivity index (χ0v) is 16.3. The van der Waals surface area contributed by atoms with E-state index >= 15 is 0 Å². The van der Waals surface area contributed by atoms with E-state index in [1.807, 2.05) is 42.5 Å². The maximum absolute atomic E-state index is 12.5. The summed E-state index contributed by atoms with van der Waals surface area (Å²) in [5.74, 6) is 0.604. The minimum Gasteiger partial charge on any atom is -0.293 e. The average Bonchev–Trinajstić information content (AvgIpc) is 3.18. The lowest BCUT2D eigenvalue weighted by molar-refractivity contribution is 0.102. The van der Waals surface area contributed by atoms with E-state index < -0.39 is 0 Å². The van der Waals surface area contributed by atoms with Crippen LogP contribution in [-0.4, -0.2) is 11.5 Å². The minimum absolute atomic E-state index is 0.161. The first-order valence-corrected chi connectivity index (χ1v) is 10.6. The van der Waals surface area contributed by atoms with Crippen LogP contribution < -0.4 is 0 Å².